The highest BCUT2D eigenvalue weighted by atomic mass is 32.2. The number of nitro groups is 1. The molecule has 2 heterocycles. The number of anilines is 1. The molecule has 21 heavy (non-hydrogen) atoms. The van der Waals surface area contributed by atoms with Crippen molar-refractivity contribution in [3.05, 3.63) is 27.9 Å². The summed E-state index contributed by atoms with van der Waals surface area (Å²) in [5, 5.41) is 23.5. The molecule has 0 aromatic carbocycles. The number of hydrogen-bond acceptors (Lipinski definition) is 7. The van der Waals surface area contributed by atoms with E-state index in [2.05, 4.69) is 24.0 Å². The standard InChI is InChI=1S/C12H17N5O3S/c1-7-5-16(6-8(2)21-7)12-10(17(19)20)3-9(4-14-12)11(13)15-18/h3-4,7-8,18H,5-6H2,1-2H3,(H2,13,15). The molecule has 114 valence electrons. The van der Waals surface area contributed by atoms with Crippen LogP contribution in [0.15, 0.2) is 17.4 Å². The summed E-state index contributed by atoms with van der Waals surface area (Å²) in [6, 6.07) is 1.29. The van der Waals surface area contributed by atoms with E-state index >= 15 is 0 Å². The number of thioether (sulfide) groups is 1. The molecule has 8 nitrogen and oxygen atoms in total. The first-order valence-corrected chi connectivity index (χ1v) is 7.39. The topological polar surface area (TPSA) is 118 Å². The SMILES string of the molecule is CC1CN(c2ncc(C(N)=NO)cc2[N+](=O)[O-])CC(C)S1. The van der Waals surface area contributed by atoms with E-state index < -0.39 is 4.92 Å². The molecule has 1 fully saturated rings. The maximum absolute atomic E-state index is 11.3. The van der Waals surface area contributed by atoms with Gasteiger partial charge in [0.25, 0.3) is 0 Å². The molecule has 0 saturated carbocycles. The van der Waals surface area contributed by atoms with Crippen LogP contribution in [0.1, 0.15) is 19.4 Å². The summed E-state index contributed by atoms with van der Waals surface area (Å²) in [6.45, 7) is 5.57. The van der Waals surface area contributed by atoms with E-state index in [-0.39, 0.29) is 17.1 Å². The molecule has 2 rings (SSSR count). The first-order chi connectivity index (χ1) is 9.92. The van der Waals surface area contributed by atoms with Gasteiger partial charge < -0.3 is 15.8 Å². The summed E-state index contributed by atoms with van der Waals surface area (Å²) < 4.78 is 0. The Bertz CT molecular complexity index is 570. The van der Waals surface area contributed by atoms with Crippen LogP contribution in [0.5, 0.6) is 0 Å². The third-order valence-corrected chi connectivity index (χ3v) is 4.39. The Balaban J connectivity index is 2.41. The van der Waals surface area contributed by atoms with Gasteiger partial charge in [-0.25, -0.2) is 4.98 Å². The zero-order chi connectivity index (χ0) is 15.6. The van der Waals surface area contributed by atoms with Gasteiger partial charge in [-0.3, -0.25) is 10.1 Å². The highest BCUT2D eigenvalue weighted by Crippen LogP contribution is 2.32. The predicted octanol–water partition coefficient (Wildman–Crippen LogP) is 1.41. The maximum Gasteiger partial charge on any atom is 0.312 e. The molecular formula is C12H17N5O3S. The second kappa shape index (κ2) is 6.17. The van der Waals surface area contributed by atoms with Crippen LogP contribution in [0, 0.1) is 10.1 Å². The predicted molar refractivity (Wildman–Crippen MR) is 82.1 cm³/mol. The number of oxime groups is 1. The second-order valence-corrected chi connectivity index (χ2v) is 6.85. The summed E-state index contributed by atoms with van der Waals surface area (Å²) in [7, 11) is 0. The van der Waals surface area contributed by atoms with Crippen LogP contribution in [0.4, 0.5) is 11.5 Å². The van der Waals surface area contributed by atoms with Crippen LogP contribution in [-0.4, -0.2) is 44.5 Å². The molecule has 1 aromatic rings. The number of pyridine rings is 1. The maximum atomic E-state index is 11.3. The monoisotopic (exact) mass is 311 g/mol. The molecule has 0 bridgehead atoms. The van der Waals surface area contributed by atoms with Gasteiger partial charge in [-0.15, -0.1) is 0 Å². The Morgan fingerprint density at radius 2 is 2.19 bits per heavy atom. The van der Waals surface area contributed by atoms with Gasteiger partial charge in [-0.05, 0) is 0 Å². The fourth-order valence-corrected chi connectivity index (χ4v) is 3.70. The number of aromatic nitrogens is 1. The van der Waals surface area contributed by atoms with Crippen molar-refractivity contribution in [2.24, 2.45) is 10.9 Å². The van der Waals surface area contributed by atoms with Crippen molar-refractivity contribution in [3.8, 4) is 0 Å². The normalized spacial score (nSPS) is 23.1. The molecule has 1 aliphatic rings. The molecule has 0 radical (unpaired) electrons. The van der Waals surface area contributed by atoms with E-state index in [1.54, 1.807) is 0 Å². The largest absolute Gasteiger partial charge is 0.409 e. The number of nitrogens with two attached hydrogens (primary N) is 1. The third kappa shape index (κ3) is 3.35. The van der Waals surface area contributed by atoms with Gasteiger partial charge in [-0.1, -0.05) is 19.0 Å². The van der Waals surface area contributed by atoms with Crippen molar-refractivity contribution >= 4 is 29.1 Å². The molecule has 9 heteroatoms. The summed E-state index contributed by atoms with van der Waals surface area (Å²) in [4.78, 5) is 16.9. The molecule has 0 amide bonds. The first-order valence-electron chi connectivity index (χ1n) is 6.45. The van der Waals surface area contributed by atoms with E-state index in [0.717, 1.165) is 0 Å². The molecule has 0 aliphatic carbocycles. The van der Waals surface area contributed by atoms with Gasteiger partial charge in [0.2, 0.25) is 5.82 Å². The quantitative estimate of drug-likeness (QED) is 0.285. The summed E-state index contributed by atoms with van der Waals surface area (Å²) in [5.74, 6) is 0.126. The summed E-state index contributed by atoms with van der Waals surface area (Å²) in [5.41, 5.74) is 5.55. The van der Waals surface area contributed by atoms with Crippen molar-refractivity contribution < 1.29 is 10.1 Å². The van der Waals surface area contributed by atoms with E-state index in [1.807, 2.05) is 16.7 Å². The van der Waals surface area contributed by atoms with Crippen LogP contribution >= 0.6 is 11.8 Å². The Morgan fingerprint density at radius 1 is 1.57 bits per heavy atom. The van der Waals surface area contributed by atoms with Crippen LogP contribution in [0.25, 0.3) is 0 Å². The lowest BCUT2D eigenvalue weighted by atomic mass is 10.2. The van der Waals surface area contributed by atoms with Gasteiger partial charge in [0.05, 0.1) is 4.92 Å². The average molecular weight is 311 g/mol. The van der Waals surface area contributed by atoms with E-state index in [1.165, 1.54) is 12.3 Å². The number of hydrogen-bond donors (Lipinski definition) is 2. The molecule has 2 atom stereocenters. The zero-order valence-corrected chi connectivity index (χ0v) is 12.6. The smallest absolute Gasteiger partial charge is 0.312 e. The van der Waals surface area contributed by atoms with Crippen molar-refractivity contribution in [1.29, 1.82) is 0 Å². The lowest BCUT2D eigenvalue weighted by Gasteiger charge is -2.35. The highest BCUT2D eigenvalue weighted by molar-refractivity contribution is 8.00. The van der Waals surface area contributed by atoms with Crippen molar-refractivity contribution in [3.63, 3.8) is 0 Å². The minimum Gasteiger partial charge on any atom is -0.409 e. The molecule has 0 spiro atoms. The lowest BCUT2D eigenvalue weighted by molar-refractivity contribution is -0.384. The van der Waals surface area contributed by atoms with Gasteiger partial charge in [0.1, 0.15) is 0 Å². The van der Waals surface area contributed by atoms with Gasteiger partial charge in [0.15, 0.2) is 5.84 Å². The van der Waals surface area contributed by atoms with E-state index in [0.29, 0.717) is 29.4 Å². The third-order valence-electron chi connectivity index (χ3n) is 3.17. The van der Waals surface area contributed by atoms with Gasteiger partial charge >= 0.3 is 5.69 Å². The van der Waals surface area contributed by atoms with E-state index in [4.69, 9.17) is 10.9 Å². The number of rotatable bonds is 3. The van der Waals surface area contributed by atoms with E-state index in [9.17, 15) is 10.1 Å². The van der Waals surface area contributed by atoms with Crippen LogP contribution in [0.3, 0.4) is 0 Å². The Labute approximate surface area is 126 Å². The molecule has 1 aliphatic heterocycles. The summed E-state index contributed by atoms with van der Waals surface area (Å²) in [6.07, 6.45) is 1.38. The van der Waals surface area contributed by atoms with Crippen LogP contribution in [-0.2, 0) is 0 Å². The fourth-order valence-electron chi connectivity index (χ4n) is 2.37. The first kappa shape index (κ1) is 15.4. The van der Waals surface area contributed by atoms with Gasteiger partial charge in [0, 0.05) is 41.4 Å². The zero-order valence-electron chi connectivity index (χ0n) is 11.8. The Morgan fingerprint density at radius 3 is 2.71 bits per heavy atom. The lowest BCUT2D eigenvalue weighted by Crippen LogP contribution is -2.41. The molecule has 2 unspecified atom stereocenters. The number of nitrogens with zero attached hydrogens (tertiary/aromatic N) is 4. The molecule has 1 saturated heterocycles. The van der Waals surface area contributed by atoms with Crippen molar-refractivity contribution in [2.75, 3.05) is 18.0 Å². The molecule has 1 aromatic heterocycles. The molecular weight excluding hydrogens is 294 g/mol. The van der Waals surface area contributed by atoms with Gasteiger partial charge in [-0.2, -0.15) is 11.8 Å². The minimum atomic E-state index is -0.492. The Kier molecular flexibility index (Phi) is 4.51. The van der Waals surface area contributed by atoms with Crippen LogP contribution < -0.4 is 10.6 Å². The van der Waals surface area contributed by atoms with Crippen molar-refractivity contribution in [1.82, 2.24) is 4.98 Å². The fraction of sp³-hybridized carbons (Fsp3) is 0.500. The van der Waals surface area contributed by atoms with Crippen molar-refractivity contribution in [2.45, 2.75) is 24.3 Å². The highest BCUT2D eigenvalue weighted by Gasteiger charge is 2.29. The average Bonchev–Trinajstić information content (AvgIpc) is 2.44. The summed E-state index contributed by atoms with van der Waals surface area (Å²) >= 11 is 1.85. The Hall–Kier alpha value is -2.03. The second-order valence-electron chi connectivity index (χ2n) is 4.97. The number of amidine groups is 1. The molecule has 3 N–H and O–H groups in total. The minimum absolute atomic E-state index is 0.134. The van der Waals surface area contributed by atoms with Crippen LogP contribution in [0.2, 0.25) is 0 Å².